The van der Waals surface area contributed by atoms with Gasteiger partial charge in [0.05, 0.1) is 11.6 Å². The molecule has 1 rings (SSSR count). The first-order valence-electron chi connectivity index (χ1n) is 5.24. The molecule has 0 radical (unpaired) electrons. The Hall–Kier alpha value is -1.30. The highest BCUT2D eigenvalue weighted by atomic mass is 35.5. The van der Waals surface area contributed by atoms with Crippen LogP contribution in [0.25, 0.3) is 0 Å². The van der Waals surface area contributed by atoms with E-state index in [1.807, 2.05) is 6.92 Å². The molecule has 1 unspecified atom stereocenters. The van der Waals surface area contributed by atoms with Crippen molar-refractivity contribution in [2.24, 2.45) is 5.73 Å². The van der Waals surface area contributed by atoms with Crippen molar-refractivity contribution in [3.63, 3.8) is 0 Å². The van der Waals surface area contributed by atoms with E-state index in [1.54, 1.807) is 25.2 Å². The zero-order valence-electron chi connectivity index (χ0n) is 9.79. The van der Waals surface area contributed by atoms with Gasteiger partial charge in [-0.3, -0.25) is 10.2 Å². The van der Waals surface area contributed by atoms with E-state index in [9.17, 15) is 4.79 Å². The Morgan fingerprint density at radius 1 is 1.59 bits per heavy atom. The predicted molar refractivity (Wildman–Crippen MR) is 66.8 cm³/mol. The summed E-state index contributed by atoms with van der Waals surface area (Å²) >= 11 is 6.01. The van der Waals surface area contributed by atoms with Gasteiger partial charge in [-0.25, -0.2) is 5.43 Å². The van der Waals surface area contributed by atoms with Crippen LogP contribution < -0.4 is 21.3 Å². The molecule has 1 aromatic rings. The number of nitrogens with one attached hydrogen (secondary N) is 2. The molecule has 0 heterocycles. The van der Waals surface area contributed by atoms with E-state index in [4.69, 9.17) is 22.1 Å². The van der Waals surface area contributed by atoms with Gasteiger partial charge in [-0.2, -0.15) is 0 Å². The van der Waals surface area contributed by atoms with Crippen LogP contribution in [0.2, 0.25) is 5.02 Å². The van der Waals surface area contributed by atoms with Crippen molar-refractivity contribution in [2.75, 3.05) is 13.7 Å². The number of benzene rings is 1. The summed E-state index contributed by atoms with van der Waals surface area (Å²) in [5.74, 6) is 0.256. The number of halogens is 1. The fraction of sp³-hybridized carbons (Fsp3) is 0.364. The third kappa shape index (κ3) is 3.59. The summed E-state index contributed by atoms with van der Waals surface area (Å²) in [6, 6.07) is 4.28. The summed E-state index contributed by atoms with van der Waals surface area (Å²) in [4.78, 5) is 11.5. The lowest BCUT2D eigenvalue weighted by atomic mass is 10.1. The van der Waals surface area contributed by atoms with Crippen LogP contribution in [0, 0.1) is 0 Å². The van der Waals surface area contributed by atoms with Crippen LogP contribution in [0.1, 0.15) is 18.5 Å². The molecule has 0 bridgehead atoms. The van der Waals surface area contributed by atoms with Crippen molar-refractivity contribution < 1.29 is 9.53 Å². The van der Waals surface area contributed by atoms with Crippen LogP contribution in [-0.4, -0.2) is 19.6 Å². The highest BCUT2D eigenvalue weighted by Crippen LogP contribution is 2.27. The number of hydrogen-bond acceptors (Lipinski definition) is 4. The predicted octanol–water partition coefficient (Wildman–Crippen LogP) is 0.989. The average molecular weight is 258 g/mol. The number of amides is 1. The number of hydrogen-bond donors (Lipinski definition) is 3. The third-order valence-electron chi connectivity index (χ3n) is 2.15. The summed E-state index contributed by atoms with van der Waals surface area (Å²) in [7, 11) is 1.59. The van der Waals surface area contributed by atoms with Crippen molar-refractivity contribution in [3.05, 3.63) is 28.8 Å². The van der Waals surface area contributed by atoms with Gasteiger partial charge in [0.1, 0.15) is 11.8 Å². The fourth-order valence-electron chi connectivity index (χ4n) is 1.34. The number of carbonyl (C=O) groups is 1. The first-order chi connectivity index (χ1) is 8.10. The molecule has 94 valence electrons. The highest BCUT2D eigenvalue weighted by Gasteiger charge is 2.16. The summed E-state index contributed by atoms with van der Waals surface area (Å²) in [6.45, 7) is 2.40. The Labute approximate surface area is 105 Å². The monoisotopic (exact) mass is 257 g/mol. The number of carbonyl (C=O) groups excluding carboxylic acids is 1. The summed E-state index contributed by atoms with van der Waals surface area (Å²) < 4.78 is 5.29. The second kappa shape index (κ2) is 6.44. The molecule has 4 N–H and O–H groups in total. The Morgan fingerprint density at radius 2 is 2.29 bits per heavy atom. The Balaban J connectivity index is 2.85. The van der Waals surface area contributed by atoms with Gasteiger partial charge in [0.15, 0.2) is 0 Å². The SMILES string of the molecule is CCOc1ccc(C(N)C(=O)NNC)cc1Cl. The van der Waals surface area contributed by atoms with Crippen molar-refractivity contribution in [3.8, 4) is 5.75 Å². The minimum atomic E-state index is -0.768. The maximum absolute atomic E-state index is 11.5. The molecule has 1 atom stereocenters. The molecule has 0 aliphatic carbocycles. The summed E-state index contributed by atoms with van der Waals surface area (Å²) in [5.41, 5.74) is 11.3. The van der Waals surface area contributed by atoms with Gasteiger partial charge in [0, 0.05) is 7.05 Å². The minimum absolute atomic E-state index is 0.326. The molecule has 5 nitrogen and oxygen atoms in total. The van der Waals surface area contributed by atoms with Gasteiger partial charge >= 0.3 is 0 Å². The van der Waals surface area contributed by atoms with Gasteiger partial charge < -0.3 is 10.5 Å². The first-order valence-corrected chi connectivity index (χ1v) is 5.62. The molecular formula is C11H16ClN3O2. The minimum Gasteiger partial charge on any atom is -0.492 e. The molecule has 0 aliphatic heterocycles. The molecule has 0 aliphatic rings. The number of hydrazine groups is 1. The zero-order chi connectivity index (χ0) is 12.8. The fourth-order valence-corrected chi connectivity index (χ4v) is 1.58. The van der Waals surface area contributed by atoms with E-state index in [0.717, 1.165) is 0 Å². The largest absolute Gasteiger partial charge is 0.492 e. The van der Waals surface area contributed by atoms with Crippen molar-refractivity contribution in [1.82, 2.24) is 10.9 Å². The van der Waals surface area contributed by atoms with E-state index in [-0.39, 0.29) is 5.91 Å². The molecule has 0 spiro atoms. The standard InChI is InChI=1S/C11H16ClN3O2/c1-3-17-9-5-4-7(6-8(9)12)10(13)11(16)15-14-2/h4-6,10,14H,3,13H2,1-2H3,(H,15,16). The lowest BCUT2D eigenvalue weighted by Gasteiger charge is -2.13. The van der Waals surface area contributed by atoms with E-state index in [1.165, 1.54) is 0 Å². The van der Waals surface area contributed by atoms with Crippen LogP contribution in [0.4, 0.5) is 0 Å². The van der Waals surface area contributed by atoms with Crippen LogP contribution in [-0.2, 0) is 4.79 Å². The van der Waals surface area contributed by atoms with Crippen LogP contribution in [0.3, 0.4) is 0 Å². The van der Waals surface area contributed by atoms with Crippen molar-refractivity contribution in [2.45, 2.75) is 13.0 Å². The molecule has 0 aromatic heterocycles. The first kappa shape index (κ1) is 13.8. The maximum Gasteiger partial charge on any atom is 0.255 e. The van der Waals surface area contributed by atoms with Crippen LogP contribution in [0.15, 0.2) is 18.2 Å². The highest BCUT2D eigenvalue weighted by molar-refractivity contribution is 6.32. The van der Waals surface area contributed by atoms with Gasteiger partial charge in [-0.15, -0.1) is 0 Å². The van der Waals surface area contributed by atoms with Gasteiger partial charge in [-0.1, -0.05) is 17.7 Å². The molecule has 0 saturated carbocycles. The average Bonchev–Trinajstić information content (AvgIpc) is 2.31. The Bertz CT molecular complexity index is 398. The molecule has 1 aromatic carbocycles. The topological polar surface area (TPSA) is 76.4 Å². The van der Waals surface area contributed by atoms with Crippen molar-refractivity contribution >= 4 is 17.5 Å². The van der Waals surface area contributed by atoms with Gasteiger partial charge in [0.2, 0.25) is 0 Å². The molecule has 17 heavy (non-hydrogen) atoms. The lowest BCUT2D eigenvalue weighted by Crippen LogP contribution is -2.40. The van der Waals surface area contributed by atoms with E-state index in [2.05, 4.69) is 10.9 Å². The maximum atomic E-state index is 11.5. The third-order valence-corrected chi connectivity index (χ3v) is 2.44. The summed E-state index contributed by atoms with van der Waals surface area (Å²) in [6.07, 6.45) is 0. The molecule has 0 saturated heterocycles. The molecular weight excluding hydrogens is 242 g/mol. The summed E-state index contributed by atoms with van der Waals surface area (Å²) in [5, 5.41) is 0.442. The quantitative estimate of drug-likeness (QED) is 0.688. The number of nitrogens with two attached hydrogens (primary N) is 1. The van der Waals surface area contributed by atoms with Gasteiger partial charge in [0.25, 0.3) is 5.91 Å². The smallest absolute Gasteiger partial charge is 0.255 e. The van der Waals surface area contributed by atoms with E-state index >= 15 is 0 Å². The van der Waals surface area contributed by atoms with E-state index in [0.29, 0.717) is 22.9 Å². The van der Waals surface area contributed by atoms with Crippen LogP contribution in [0.5, 0.6) is 5.75 Å². The molecule has 0 fully saturated rings. The van der Waals surface area contributed by atoms with Crippen molar-refractivity contribution in [1.29, 1.82) is 0 Å². The Morgan fingerprint density at radius 3 is 2.82 bits per heavy atom. The number of ether oxygens (including phenoxy) is 1. The normalized spacial score (nSPS) is 12.0. The molecule has 6 heteroatoms. The second-order valence-corrected chi connectivity index (χ2v) is 3.75. The molecule has 1 amide bonds. The zero-order valence-corrected chi connectivity index (χ0v) is 10.5. The van der Waals surface area contributed by atoms with Crippen LogP contribution >= 0.6 is 11.6 Å². The Kier molecular flexibility index (Phi) is 5.21. The van der Waals surface area contributed by atoms with Gasteiger partial charge in [-0.05, 0) is 24.6 Å². The van der Waals surface area contributed by atoms with E-state index < -0.39 is 6.04 Å². The number of rotatable bonds is 5. The lowest BCUT2D eigenvalue weighted by molar-refractivity contribution is -0.123. The second-order valence-electron chi connectivity index (χ2n) is 3.34.